The molecule has 0 spiro atoms. The quantitative estimate of drug-likeness (QED) is 0.746. The number of halogens is 4. The van der Waals surface area contributed by atoms with Crippen molar-refractivity contribution in [1.82, 2.24) is 0 Å². The van der Waals surface area contributed by atoms with Gasteiger partial charge in [0.05, 0.1) is 8.95 Å². The molecule has 1 aromatic rings. The number of Topliss-reactive ketones (excluding diaryl/α,β-unsaturated/α-hetero) is 1. The van der Waals surface area contributed by atoms with E-state index in [0.29, 0.717) is 20.9 Å². The summed E-state index contributed by atoms with van der Waals surface area (Å²) < 4.78 is 29.1. The van der Waals surface area contributed by atoms with Gasteiger partial charge in [0.1, 0.15) is 0 Å². The van der Waals surface area contributed by atoms with Crippen LogP contribution in [-0.4, -0.2) is 12.4 Å². The third-order valence-electron chi connectivity index (χ3n) is 1.85. The van der Waals surface area contributed by atoms with Crippen LogP contribution in [0.1, 0.15) is 23.7 Å². The summed E-state index contributed by atoms with van der Waals surface area (Å²) in [6, 6.07) is 2.93. The van der Waals surface area contributed by atoms with E-state index in [1.807, 2.05) is 0 Å². The van der Waals surface area contributed by atoms with Crippen molar-refractivity contribution in [3.05, 3.63) is 26.6 Å². The second-order valence-electron chi connectivity index (χ2n) is 2.92. The first-order valence-electron chi connectivity index (χ1n) is 4.42. The number of hydrogen-bond donors (Lipinski definition) is 0. The van der Waals surface area contributed by atoms with Crippen molar-refractivity contribution in [2.24, 2.45) is 0 Å². The molecule has 6 heteroatoms. The molecule has 0 saturated carbocycles. The fourth-order valence-electron chi connectivity index (χ4n) is 1.13. The molecule has 0 saturated heterocycles. The third-order valence-corrected chi connectivity index (χ3v) is 3.03. The normalized spacial score (nSPS) is 10.6. The van der Waals surface area contributed by atoms with Crippen molar-refractivity contribution in [2.75, 3.05) is 0 Å². The minimum absolute atomic E-state index is 0.0114. The molecule has 0 radical (unpaired) electrons. The molecule has 1 rings (SSSR count). The maximum Gasteiger partial charge on any atom is 0.387 e. The Bertz CT molecular complexity index is 385. The summed E-state index contributed by atoms with van der Waals surface area (Å²) in [7, 11) is 0. The second kappa shape index (κ2) is 5.72. The zero-order valence-electron chi connectivity index (χ0n) is 8.27. The SMILES string of the molecule is CCC(=O)c1cc(Br)c(OC(F)F)c(Br)c1. The van der Waals surface area contributed by atoms with Crippen LogP contribution in [0.15, 0.2) is 21.1 Å². The lowest BCUT2D eigenvalue weighted by Gasteiger charge is -2.10. The molecule has 0 aromatic heterocycles. The van der Waals surface area contributed by atoms with Gasteiger partial charge in [-0.05, 0) is 44.0 Å². The van der Waals surface area contributed by atoms with E-state index in [1.165, 1.54) is 12.1 Å². The molecule has 88 valence electrons. The Labute approximate surface area is 108 Å². The highest BCUT2D eigenvalue weighted by molar-refractivity contribution is 9.11. The highest BCUT2D eigenvalue weighted by Crippen LogP contribution is 2.36. The number of ketones is 1. The zero-order valence-corrected chi connectivity index (χ0v) is 11.4. The first-order valence-corrected chi connectivity index (χ1v) is 6.01. The molecule has 0 fully saturated rings. The Kier molecular flexibility index (Phi) is 4.86. The molecule has 0 heterocycles. The van der Waals surface area contributed by atoms with Crippen LogP contribution in [0.25, 0.3) is 0 Å². The van der Waals surface area contributed by atoms with E-state index in [9.17, 15) is 13.6 Å². The number of carbonyl (C=O) groups is 1. The Morgan fingerprint density at radius 2 is 1.88 bits per heavy atom. The van der Waals surface area contributed by atoms with Gasteiger partial charge in [0.15, 0.2) is 11.5 Å². The topological polar surface area (TPSA) is 26.3 Å². The molecular weight excluding hydrogens is 350 g/mol. The van der Waals surface area contributed by atoms with Gasteiger partial charge in [-0.2, -0.15) is 8.78 Å². The van der Waals surface area contributed by atoms with Gasteiger partial charge in [0.25, 0.3) is 0 Å². The molecule has 0 aliphatic carbocycles. The predicted octanol–water partition coefficient (Wildman–Crippen LogP) is 4.41. The molecule has 0 N–H and O–H groups in total. The van der Waals surface area contributed by atoms with Crippen LogP contribution in [0.3, 0.4) is 0 Å². The summed E-state index contributed by atoms with van der Waals surface area (Å²) >= 11 is 6.17. The lowest BCUT2D eigenvalue weighted by Crippen LogP contribution is -2.04. The Morgan fingerprint density at radius 3 is 2.25 bits per heavy atom. The minimum atomic E-state index is -2.90. The zero-order chi connectivity index (χ0) is 12.3. The van der Waals surface area contributed by atoms with E-state index in [4.69, 9.17) is 0 Å². The Balaban J connectivity index is 3.12. The Morgan fingerprint density at radius 1 is 1.38 bits per heavy atom. The van der Waals surface area contributed by atoms with Crippen LogP contribution in [0.4, 0.5) is 8.78 Å². The lowest BCUT2D eigenvalue weighted by atomic mass is 10.1. The highest BCUT2D eigenvalue weighted by Gasteiger charge is 2.15. The lowest BCUT2D eigenvalue weighted by molar-refractivity contribution is -0.0508. The fraction of sp³-hybridized carbons (Fsp3) is 0.300. The number of rotatable bonds is 4. The van der Waals surface area contributed by atoms with Crippen LogP contribution in [-0.2, 0) is 0 Å². The summed E-state index contributed by atoms with van der Waals surface area (Å²) in [6.45, 7) is -1.17. The van der Waals surface area contributed by atoms with Crippen LogP contribution >= 0.6 is 31.9 Å². The van der Waals surface area contributed by atoms with Gasteiger partial charge in [-0.15, -0.1) is 0 Å². The molecule has 0 unspecified atom stereocenters. The number of ether oxygens (including phenoxy) is 1. The molecule has 0 amide bonds. The standard InChI is InChI=1S/C10H8Br2F2O2/c1-2-8(15)5-3-6(11)9(7(12)4-5)16-10(13)14/h3-4,10H,2H2,1H3. The minimum Gasteiger partial charge on any atom is -0.432 e. The van der Waals surface area contributed by atoms with Gasteiger partial charge in [0.2, 0.25) is 0 Å². The van der Waals surface area contributed by atoms with Gasteiger partial charge in [-0.25, -0.2) is 0 Å². The van der Waals surface area contributed by atoms with Crippen molar-refractivity contribution in [3.8, 4) is 5.75 Å². The van der Waals surface area contributed by atoms with E-state index in [-0.39, 0.29) is 11.5 Å². The monoisotopic (exact) mass is 356 g/mol. The first kappa shape index (κ1) is 13.6. The van der Waals surface area contributed by atoms with Crippen LogP contribution < -0.4 is 4.74 Å². The number of benzene rings is 1. The molecule has 0 bridgehead atoms. The van der Waals surface area contributed by atoms with Crippen molar-refractivity contribution >= 4 is 37.6 Å². The van der Waals surface area contributed by atoms with Gasteiger partial charge in [-0.1, -0.05) is 6.92 Å². The third kappa shape index (κ3) is 3.25. The van der Waals surface area contributed by atoms with Crippen molar-refractivity contribution in [2.45, 2.75) is 20.0 Å². The summed E-state index contributed by atoms with van der Waals surface area (Å²) in [5.74, 6) is -0.0762. The van der Waals surface area contributed by atoms with Gasteiger partial charge >= 0.3 is 6.61 Å². The van der Waals surface area contributed by atoms with Crippen LogP contribution in [0, 0.1) is 0 Å². The molecule has 0 aliphatic rings. The smallest absolute Gasteiger partial charge is 0.387 e. The van der Waals surface area contributed by atoms with E-state index >= 15 is 0 Å². The molecule has 16 heavy (non-hydrogen) atoms. The Hall–Kier alpha value is -0.490. The van der Waals surface area contributed by atoms with E-state index in [1.54, 1.807) is 6.92 Å². The van der Waals surface area contributed by atoms with Crippen LogP contribution in [0.2, 0.25) is 0 Å². The molecule has 2 nitrogen and oxygen atoms in total. The van der Waals surface area contributed by atoms with E-state index < -0.39 is 6.61 Å². The van der Waals surface area contributed by atoms with Gasteiger partial charge < -0.3 is 4.74 Å². The maximum absolute atomic E-state index is 12.1. The second-order valence-corrected chi connectivity index (χ2v) is 4.63. The van der Waals surface area contributed by atoms with Crippen LogP contribution in [0.5, 0.6) is 5.75 Å². The number of carbonyl (C=O) groups excluding carboxylic acids is 1. The molecular formula is C10H8Br2F2O2. The van der Waals surface area contributed by atoms with E-state index in [2.05, 4.69) is 36.6 Å². The van der Waals surface area contributed by atoms with Crippen molar-refractivity contribution < 1.29 is 18.3 Å². The van der Waals surface area contributed by atoms with Gasteiger partial charge in [0, 0.05) is 12.0 Å². The highest BCUT2D eigenvalue weighted by atomic mass is 79.9. The van der Waals surface area contributed by atoms with E-state index in [0.717, 1.165) is 0 Å². The average Bonchev–Trinajstić information content (AvgIpc) is 2.21. The van der Waals surface area contributed by atoms with Gasteiger partial charge in [-0.3, -0.25) is 4.79 Å². The average molecular weight is 358 g/mol. The number of hydrogen-bond acceptors (Lipinski definition) is 2. The molecule has 0 aliphatic heterocycles. The predicted molar refractivity (Wildman–Crippen MR) is 63.1 cm³/mol. The molecule has 0 atom stereocenters. The maximum atomic E-state index is 12.1. The van der Waals surface area contributed by atoms with Crippen molar-refractivity contribution in [1.29, 1.82) is 0 Å². The largest absolute Gasteiger partial charge is 0.432 e. The summed E-state index contributed by atoms with van der Waals surface area (Å²) in [5, 5.41) is 0. The summed E-state index contributed by atoms with van der Waals surface area (Å²) in [4.78, 5) is 11.4. The summed E-state index contributed by atoms with van der Waals surface area (Å²) in [6.07, 6.45) is 0.355. The number of alkyl halides is 2. The van der Waals surface area contributed by atoms with Crippen molar-refractivity contribution in [3.63, 3.8) is 0 Å². The fourth-order valence-corrected chi connectivity index (χ4v) is 2.50. The first-order chi connectivity index (χ1) is 7.45. The summed E-state index contributed by atoms with van der Waals surface area (Å²) in [5.41, 5.74) is 0.447. The molecule has 1 aromatic carbocycles.